The van der Waals surface area contributed by atoms with Crippen molar-refractivity contribution in [2.45, 2.75) is 39.2 Å². The molecule has 2 heterocycles. The molecule has 7 heteroatoms. The van der Waals surface area contributed by atoms with Gasteiger partial charge in [-0.1, -0.05) is 26.0 Å². The minimum absolute atomic E-state index is 0.0425. The summed E-state index contributed by atoms with van der Waals surface area (Å²) in [6.45, 7) is 5.79. The number of nitrogens with zero attached hydrogens (tertiary/aromatic N) is 4. The molecular formula is C23H30N4O3. The topological polar surface area (TPSA) is 75.6 Å². The highest BCUT2D eigenvalue weighted by Gasteiger charge is 2.28. The van der Waals surface area contributed by atoms with Crippen molar-refractivity contribution in [3.05, 3.63) is 54.1 Å². The molecule has 0 fully saturated rings. The van der Waals surface area contributed by atoms with Crippen molar-refractivity contribution in [1.82, 2.24) is 19.8 Å². The molecule has 1 atom stereocenters. The maximum atomic E-state index is 13.3. The molecule has 0 N–H and O–H groups in total. The maximum absolute atomic E-state index is 13.3. The molecule has 7 nitrogen and oxygen atoms in total. The Bertz CT molecular complexity index is 857. The van der Waals surface area contributed by atoms with Crippen LogP contribution in [0, 0.1) is 5.92 Å². The fourth-order valence-electron chi connectivity index (χ4n) is 3.73. The molecule has 0 spiro atoms. The van der Waals surface area contributed by atoms with Gasteiger partial charge in [0, 0.05) is 32.5 Å². The lowest BCUT2D eigenvalue weighted by Gasteiger charge is -2.33. The summed E-state index contributed by atoms with van der Waals surface area (Å²) < 4.78 is 6.13. The molecule has 1 aromatic carbocycles. The van der Waals surface area contributed by atoms with E-state index in [1.165, 1.54) is 12.4 Å². The fourth-order valence-corrected chi connectivity index (χ4v) is 3.73. The molecule has 0 radical (unpaired) electrons. The van der Waals surface area contributed by atoms with Gasteiger partial charge in [-0.05, 0) is 37.3 Å². The van der Waals surface area contributed by atoms with E-state index in [2.05, 4.69) is 23.8 Å². The summed E-state index contributed by atoms with van der Waals surface area (Å²) in [4.78, 5) is 38.0. The smallest absolute Gasteiger partial charge is 0.274 e. The van der Waals surface area contributed by atoms with Crippen molar-refractivity contribution >= 4 is 11.8 Å². The largest absolute Gasteiger partial charge is 0.491 e. The summed E-state index contributed by atoms with van der Waals surface area (Å²) >= 11 is 0. The third-order valence-electron chi connectivity index (χ3n) is 5.27. The molecule has 1 aliphatic heterocycles. The standard InChI is InChI=1S/C23H30N4O3/c1-17(2)14-18-16-30-21-9-5-4-8-19(21)22(28)26(3)12-6-7-13-27(18)23(29)20-15-24-10-11-25-20/h4-5,8-11,15,17-18H,6-7,12-14,16H2,1-3H3/t18-/m0/s1. The molecule has 160 valence electrons. The highest BCUT2D eigenvalue weighted by atomic mass is 16.5. The highest BCUT2D eigenvalue weighted by Crippen LogP contribution is 2.23. The summed E-state index contributed by atoms with van der Waals surface area (Å²) in [7, 11) is 1.80. The second-order valence-corrected chi connectivity index (χ2v) is 8.11. The Hall–Kier alpha value is -2.96. The van der Waals surface area contributed by atoms with E-state index < -0.39 is 0 Å². The number of carbonyl (C=O) groups excluding carboxylic acids is 2. The number of aromatic nitrogens is 2. The van der Waals surface area contributed by atoms with Crippen LogP contribution in [0.2, 0.25) is 0 Å². The van der Waals surface area contributed by atoms with E-state index in [-0.39, 0.29) is 17.9 Å². The fraction of sp³-hybridized carbons (Fsp3) is 0.478. The SMILES string of the molecule is CC(C)C[C@H]1COc2ccccc2C(=O)N(C)CCCCN1C(=O)c1cnccn1. The van der Waals surface area contributed by atoms with E-state index in [0.29, 0.717) is 42.6 Å². The van der Waals surface area contributed by atoms with Crippen molar-refractivity contribution < 1.29 is 14.3 Å². The minimum atomic E-state index is -0.132. The van der Waals surface area contributed by atoms with E-state index in [9.17, 15) is 9.59 Å². The molecule has 3 rings (SSSR count). The lowest BCUT2D eigenvalue weighted by Crippen LogP contribution is -2.45. The molecule has 30 heavy (non-hydrogen) atoms. The van der Waals surface area contributed by atoms with Crippen LogP contribution in [0.5, 0.6) is 5.75 Å². The average molecular weight is 411 g/mol. The minimum Gasteiger partial charge on any atom is -0.491 e. The number of hydrogen-bond acceptors (Lipinski definition) is 5. The summed E-state index contributed by atoms with van der Waals surface area (Å²) in [5, 5.41) is 0. The van der Waals surface area contributed by atoms with Crippen molar-refractivity contribution in [2.75, 3.05) is 26.7 Å². The van der Waals surface area contributed by atoms with Gasteiger partial charge in [-0.15, -0.1) is 0 Å². The molecule has 0 saturated heterocycles. The zero-order valence-corrected chi connectivity index (χ0v) is 18.0. The number of rotatable bonds is 3. The molecule has 0 unspecified atom stereocenters. The van der Waals surface area contributed by atoms with Crippen LogP contribution in [-0.2, 0) is 0 Å². The predicted molar refractivity (Wildman–Crippen MR) is 114 cm³/mol. The van der Waals surface area contributed by atoms with E-state index in [4.69, 9.17) is 4.74 Å². The third-order valence-corrected chi connectivity index (χ3v) is 5.27. The first kappa shape index (κ1) is 21.7. The second-order valence-electron chi connectivity index (χ2n) is 8.11. The van der Waals surface area contributed by atoms with Gasteiger partial charge in [0.1, 0.15) is 18.1 Å². The molecule has 1 aromatic heterocycles. The predicted octanol–water partition coefficient (Wildman–Crippen LogP) is 3.28. The Balaban J connectivity index is 1.92. The Morgan fingerprint density at radius 2 is 1.97 bits per heavy atom. The average Bonchev–Trinajstić information content (AvgIpc) is 2.75. The van der Waals surface area contributed by atoms with Gasteiger partial charge in [0.25, 0.3) is 11.8 Å². The van der Waals surface area contributed by atoms with Crippen LogP contribution in [-0.4, -0.2) is 64.4 Å². The number of amides is 2. The summed E-state index contributed by atoms with van der Waals surface area (Å²) in [5.74, 6) is 0.758. The third kappa shape index (κ3) is 5.34. The van der Waals surface area contributed by atoms with Crippen LogP contribution in [0.25, 0.3) is 0 Å². The van der Waals surface area contributed by atoms with Gasteiger partial charge in [0.05, 0.1) is 17.8 Å². The zero-order chi connectivity index (χ0) is 21.5. The van der Waals surface area contributed by atoms with Gasteiger partial charge in [-0.25, -0.2) is 4.98 Å². The summed E-state index contributed by atoms with van der Waals surface area (Å²) in [6.07, 6.45) is 7.00. The quantitative estimate of drug-likeness (QED) is 0.776. The molecule has 0 saturated carbocycles. The van der Waals surface area contributed by atoms with Crippen molar-refractivity contribution in [2.24, 2.45) is 5.92 Å². The number of fused-ring (bicyclic) bond motifs is 1. The molecule has 2 amide bonds. The maximum Gasteiger partial charge on any atom is 0.274 e. The van der Waals surface area contributed by atoms with Gasteiger partial charge in [-0.3, -0.25) is 14.6 Å². The Kier molecular flexibility index (Phi) is 7.38. The number of hydrogen-bond donors (Lipinski definition) is 0. The molecular weight excluding hydrogens is 380 g/mol. The van der Waals surface area contributed by atoms with Crippen LogP contribution in [0.15, 0.2) is 42.9 Å². The Labute approximate surface area is 178 Å². The first-order valence-corrected chi connectivity index (χ1v) is 10.5. The van der Waals surface area contributed by atoms with Gasteiger partial charge in [0.2, 0.25) is 0 Å². The molecule has 0 aliphatic carbocycles. The van der Waals surface area contributed by atoms with Crippen molar-refractivity contribution in [3.8, 4) is 5.75 Å². The first-order chi connectivity index (χ1) is 14.5. The van der Waals surface area contributed by atoms with Crippen LogP contribution in [0.3, 0.4) is 0 Å². The molecule has 1 aliphatic rings. The second kappa shape index (κ2) is 10.2. The Morgan fingerprint density at radius 1 is 1.20 bits per heavy atom. The van der Waals surface area contributed by atoms with Gasteiger partial charge < -0.3 is 14.5 Å². The first-order valence-electron chi connectivity index (χ1n) is 10.5. The number of para-hydroxylation sites is 1. The molecule has 0 bridgehead atoms. The Morgan fingerprint density at radius 3 is 2.70 bits per heavy atom. The monoisotopic (exact) mass is 410 g/mol. The number of ether oxygens (including phenoxy) is 1. The van der Waals surface area contributed by atoms with Gasteiger partial charge >= 0.3 is 0 Å². The van der Waals surface area contributed by atoms with Gasteiger partial charge in [0.15, 0.2) is 0 Å². The van der Waals surface area contributed by atoms with Crippen LogP contribution < -0.4 is 4.74 Å². The van der Waals surface area contributed by atoms with Gasteiger partial charge in [-0.2, -0.15) is 0 Å². The lowest BCUT2D eigenvalue weighted by atomic mass is 10.0. The van der Waals surface area contributed by atoms with Crippen molar-refractivity contribution in [1.29, 1.82) is 0 Å². The molecule has 2 aromatic rings. The number of benzene rings is 1. The summed E-state index contributed by atoms with van der Waals surface area (Å²) in [6, 6.07) is 7.18. The van der Waals surface area contributed by atoms with E-state index in [1.54, 1.807) is 24.2 Å². The normalized spacial score (nSPS) is 18.3. The van der Waals surface area contributed by atoms with Crippen LogP contribution >= 0.6 is 0 Å². The van der Waals surface area contributed by atoms with E-state index in [1.807, 2.05) is 23.1 Å². The highest BCUT2D eigenvalue weighted by molar-refractivity contribution is 5.96. The lowest BCUT2D eigenvalue weighted by molar-refractivity contribution is 0.0553. The zero-order valence-electron chi connectivity index (χ0n) is 18.0. The van der Waals surface area contributed by atoms with Crippen molar-refractivity contribution in [3.63, 3.8) is 0 Å². The van der Waals surface area contributed by atoms with E-state index >= 15 is 0 Å². The van der Waals surface area contributed by atoms with E-state index in [0.717, 1.165) is 19.3 Å². The number of carbonyl (C=O) groups is 2. The van der Waals surface area contributed by atoms with Crippen LogP contribution in [0.1, 0.15) is 54.0 Å². The summed E-state index contributed by atoms with van der Waals surface area (Å²) in [5.41, 5.74) is 0.890. The van der Waals surface area contributed by atoms with Crippen LogP contribution in [0.4, 0.5) is 0 Å².